The molecule has 1 unspecified atom stereocenters. The van der Waals surface area contributed by atoms with Crippen molar-refractivity contribution in [2.24, 2.45) is 0 Å². The highest BCUT2D eigenvalue weighted by molar-refractivity contribution is 5.91. The van der Waals surface area contributed by atoms with Crippen molar-refractivity contribution in [3.63, 3.8) is 0 Å². The zero-order valence-electron chi connectivity index (χ0n) is 13.1. The van der Waals surface area contributed by atoms with Gasteiger partial charge in [0, 0.05) is 23.6 Å². The minimum atomic E-state index is -0.441. The lowest BCUT2D eigenvalue weighted by molar-refractivity contribution is -0.128. The van der Waals surface area contributed by atoms with E-state index in [1.807, 2.05) is 12.1 Å². The van der Waals surface area contributed by atoms with Gasteiger partial charge in [-0.25, -0.2) is 0 Å². The zero-order chi connectivity index (χ0) is 16.2. The highest BCUT2D eigenvalue weighted by Gasteiger charge is 2.22. The van der Waals surface area contributed by atoms with E-state index in [1.54, 1.807) is 19.4 Å². The lowest BCUT2D eigenvalue weighted by Crippen LogP contribution is -2.45. The number of carbonyl (C=O) groups is 2. The Kier molecular flexibility index (Phi) is 4.50. The van der Waals surface area contributed by atoms with E-state index in [1.165, 1.54) is 0 Å². The molecular formula is C17H20N2O4. The topological polar surface area (TPSA) is 80.6 Å². The van der Waals surface area contributed by atoms with E-state index in [0.717, 1.165) is 23.8 Å². The minimum Gasteiger partial charge on any atom is -0.497 e. The fraction of sp³-hybridized carbons (Fsp3) is 0.412. The molecule has 0 spiro atoms. The number of rotatable bonds is 4. The van der Waals surface area contributed by atoms with Gasteiger partial charge < -0.3 is 19.8 Å². The maximum atomic E-state index is 12.2. The van der Waals surface area contributed by atoms with Gasteiger partial charge in [0.1, 0.15) is 17.4 Å². The van der Waals surface area contributed by atoms with Gasteiger partial charge in [0.25, 0.3) is 0 Å². The normalized spacial score (nSPS) is 18.3. The Bertz CT molecular complexity index is 722. The van der Waals surface area contributed by atoms with Crippen molar-refractivity contribution in [3.05, 3.63) is 30.0 Å². The molecule has 1 atom stereocenters. The summed E-state index contributed by atoms with van der Waals surface area (Å²) < 4.78 is 10.6. The molecule has 6 heteroatoms. The lowest BCUT2D eigenvalue weighted by Gasteiger charge is -2.14. The molecule has 122 valence electrons. The SMILES string of the molecule is COc1ccc2c(CC(=O)NC3CCCCNC3=O)coc2c1. The Hall–Kier alpha value is -2.50. The zero-order valence-corrected chi connectivity index (χ0v) is 13.1. The molecule has 1 aromatic carbocycles. The van der Waals surface area contributed by atoms with Crippen molar-refractivity contribution >= 4 is 22.8 Å². The summed E-state index contributed by atoms with van der Waals surface area (Å²) in [6.45, 7) is 0.680. The van der Waals surface area contributed by atoms with Crippen LogP contribution in [0.15, 0.2) is 28.9 Å². The first-order valence-corrected chi connectivity index (χ1v) is 7.78. The van der Waals surface area contributed by atoms with E-state index < -0.39 is 6.04 Å². The average Bonchev–Trinajstić information content (AvgIpc) is 2.83. The minimum absolute atomic E-state index is 0.0994. The van der Waals surface area contributed by atoms with Gasteiger partial charge in [-0.15, -0.1) is 0 Å². The summed E-state index contributed by atoms with van der Waals surface area (Å²) in [4.78, 5) is 24.1. The number of carbonyl (C=O) groups excluding carboxylic acids is 2. The predicted octanol–water partition coefficient (Wildman–Crippen LogP) is 1.77. The summed E-state index contributed by atoms with van der Waals surface area (Å²) in [5.41, 5.74) is 1.48. The number of furan rings is 1. The largest absolute Gasteiger partial charge is 0.497 e. The van der Waals surface area contributed by atoms with E-state index in [0.29, 0.717) is 24.3 Å². The summed E-state index contributed by atoms with van der Waals surface area (Å²) >= 11 is 0. The van der Waals surface area contributed by atoms with Gasteiger partial charge in [-0.05, 0) is 31.4 Å². The molecule has 2 N–H and O–H groups in total. The quantitative estimate of drug-likeness (QED) is 0.901. The van der Waals surface area contributed by atoms with Crippen LogP contribution in [0.5, 0.6) is 5.75 Å². The third-order valence-corrected chi connectivity index (χ3v) is 4.08. The van der Waals surface area contributed by atoms with Crippen LogP contribution in [0.25, 0.3) is 11.0 Å². The number of hydrogen-bond donors (Lipinski definition) is 2. The molecule has 6 nitrogen and oxygen atoms in total. The molecule has 0 radical (unpaired) electrons. The van der Waals surface area contributed by atoms with Crippen molar-refractivity contribution in [1.82, 2.24) is 10.6 Å². The van der Waals surface area contributed by atoms with Crippen molar-refractivity contribution in [2.45, 2.75) is 31.7 Å². The predicted molar refractivity (Wildman–Crippen MR) is 85.3 cm³/mol. The van der Waals surface area contributed by atoms with E-state index in [9.17, 15) is 9.59 Å². The number of benzene rings is 1. The molecule has 23 heavy (non-hydrogen) atoms. The fourth-order valence-electron chi connectivity index (χ4n) is 2.82. The number of amides is 2. The van der Waals surface area contributed by atoms with Crippen LogP contribution in [-0.2, 0) is 16.0 Å². The van der Waals surface area contributed by atoms with Crippen LogP contribution >= 0.6 is 0 Å². The first-order valence-electron chi connectivity index (χ1n) is 7.78. The van der Waals surface area contributed by atoms with Crippen LogP contribution < -0.4 is 15.4 Å². The molecule has 0 saturated carbocycles. The molecule has 2 amide bonds. The molecule has 2 heterocycles. The molecule has 2 aromatic rings. The third-order valence-electron chi connectivity index (χ3n) is 4.08. The Morgan fingerprint density at radius 2 is 2.30 bits per heavy atom. The highest BCUT2D eigenvalue weighted by atomic mass is 16.5. The van der Waals surface area contributed by atoms with Crippen molar-refractivity contribution in [2.75, 3.05) is 13.7 Å². The van der Waals surface area contributed by atoms with Crippen LogP contribution in [0.1, 0.15) is 24.8 Å². The van der Waals surface area contributed by atoms with E-state index in [-0.39, 0.29) is 18.2 Å². The van der Waals surface area contributed by atoms with Crippen LogP contribution in [0.2, 0.25) is 0 Å². The first kappa shape index (κ1) is 15.4. The maximum Gasteiger partial charge on any atom is 0.242 e. The summed E-state index contributed by atoms with van der Waals surface area (Å²) in [5.74, 6) is 0.432. The number of hydrogen-bond acceptors (Lipinski definition) is 4. The fourth-order valence-corrected chi connectivity index (χ4v) is 2.82. The summed E-state index contributed by atoms with van der Waals surface area (Å²) in [5, 5.41) is 6.51. The maximum absolute atomic E-state index is 12.2. The average molecular weight is 316 g/mol. The number of ether oxygens (including phenoxy) is 1. The van der Waals surface area contributed by atoms with E-state index in [4.69, 9.17) is 9.15 Å². The molecule has 1 aliphatic rings. The first-order chi connectivity index (χ1) is 11.2. The van der Waals surface area contributed by atoms with Crippen molar-refractivity contribution in [1.29, 1.82) is 0 Å². The van der Waals surface area contributed by atoms with Gasteiger partial charge in [0.2, 0.25) is 11.8 Å². The van der Waals surface area contributed by atoms with Crippen LogP contribution in [-0.4, -0.2) is 31.5 Å². The van der Waals surface area contributed by atoms with Crippen LogP contribution in [0.4, 0.5) is 0 Å². The Morgan fingerprint density at radius 1 is 1.43 bits per heavy atom. The number of methoxy groups -OCH3 is 1. The standard InChI is InChI=1S/C17H20N2O4/c1-22-12-5-6-13-11(10-23-15(13)9-12)8-16(20)19-14-4-2-3-7-18-17(14)21/h5-6,9-10,14H,2-4,7-8H2,1H3,(H,18,21)(H,19,20). The van der Waals surface area contributed by atoms with E-state index in [2.05, 4.69) is 10.6 Å². The molecule has 1 aliphatic heterocycles. The molecule has 0 aliphatic carbocycles. The summed E-state index contributed by atoms with van der Waals surface area (Å²) in [7, 11) is 1.59. The second-order valence-electron chi connectivity index (χ2n) is 5.71. The number of nitrogens with one attached hydrogen (secondary N) is 2. The summed E-state index contributed by atoms with van der Waals surface area (Å²) in [6, 6.07) is 5.05. The Morgan fingerprint density at radius 3 is 3.13 bits per heavy atom. The molecular weight excluding hydrogens is 296 g/mol. The van der Waals surface area contributed by atoms with Gasteiger partial charge in [0.15, 0.2) is 0 Å². The van der Waals surface area contributed by atoms with Gasteiger partial charge in [0.05, 0.1) is 19.8 Å². The molecule has 3 rings (SSSR count). The molecule has 1 aromatic heterocycles. The molecule has 1 fully saturated rings. The van der Waals surface area contributed by atoms with Crippen molar-refractivity contribution < 1.29 is 18.7 Å². The van der Waals surface area contributed by atoms with Crippen LogP contribution in [0, 0.1) is 0 Å². The van der Waals surface area contributed by atoms with Crippen molar-refractivity contribution in [3.8, 4) is 5.75 Å². The second kappa shape index (κ2) is 6.73. The highest BCUT2D eigenvalue weighted by Crippen LogP contribution is 2.25. The Balaban J connectivity index is 1.69. The lowest BCUT2D eigenvalue weighted by atomic mass is 10.1. The second-order valence-corrected chi connectivity index (χ2v) is 5.71. The van der Waals surface area contributed by atoms with Crippen LogP contribution in [0.3, 0.4) is 0 Å². The molecule has 0 bridgehead atoms. The van der Waals surface area contributed by atoms with E-state index >= 15 is 0 Å². The van der Waals surface area contributed by atoms with Gasteiger partial charge in [-0.3, -0.25) is 9.59 Å². The van der Waals surface area contributed by atoms with Gasteiger partial charge >= 0.3 is 0 Å². The van der Waals surface area contributed by atoms with Gasteiger partial charge in [-0.2, -0.15) is 0 Å². The third kappa shape index (κ3) is 3.47. The Labute approximate surface area is 134 Å². The smallest absolute Gasteiger partial charge is 0.242 e. The number of fused-ring (bicyclic) bond motifs is 1. The monoisotopic (exact) mass is 316 g/mol. The van der Waals surface area contributed by atoms with Gasteiger partial charge in [-0.1, -0.05) is 0 Å². The summed E-state index contributed by atoms with van der Waals surface area (Å²) in [6.07, 6.45) is 4.32. The molecule has 1 saturated heterocycles.